The van der Waals surface area contributed by atoms with Gasteiger partial charge in [-0.25, -0.2) is 4.99 Å². The molecule has 0 spiro atoms. The van der Waals surface area contributed by atoms with Crippen LogP contribution in [-0.2, 0) is 10.8 Å². The van der Waals surface area contributed by atoms with Gasteiger partial charge in [0.15, 0.2) is 0 Å². The first-order chi connectivity index (χ1) is 23.8. The first kappa shape index (κ1) is 28.4. The molecule has 1 aliphatic heterocycles. The van der Waals surface area contributed by atoms with E-state index in [1.54, 1.807) is 0 Å². The van der Waals surface area contributed by atoms with Gasteiger partial charge in [0.2, 0.25) is 5.96 Å². The summed E-state index contributed by atoms with van der Waals surface area (Å²) < 4.78 is 2.33. The van der Waals surface area contributed by atoms with E-state index < -0.39 is 0 Å². The summed E-state index contributed by atoms with van der Waals surface area (Å²) in [4.78, 5) is 5.29. The second-order valence-electron chi connectivity index (χ2n) is 14.9. The molecule has 0 radical (unpaired) electrons. The summed E-state index contributed by atoms with van der Waals surface area (Å²) in [7, 11) is 0. The van der Waals surface area contributed by atoms with E-state index in [2.05, 4.69) is 171 Å². The van der Waals surface area contributed by atoms with Gasteiger partial charge < -0.3 is 5.32 Å². The molecule has 236 valence electrons. The fourth-order valence-corrected chi connectivity index (χ4v) is 8.86. The van der Waals surface area contributed by atoms with Crippen LogP contribution in [0.25, 0.3) is 60.9 Å². The molecule has 7 aromatic rings. The predicted molar refractivity (Wildman–Crippen MR) is 205 cm³/mol. The molecule has 1 N–H and O–H groups in total. The molecule has 0 unspecified atom stereocenters. The number of hydrogen-bond donors (Lipinski definition) is 1. The zero-order chi connectivity index (χ0) is 33.1. The summed E-state index contributed by atoms with van der Waals surface area (Å²) in [6.45, 7) is 10.1. The van der Waals surface area contributed by atoms with Crippen LogP contribution in [0, 0.1) is 0 Å². The van der Waals surface area contributed by atoms with Gasteiger partial charge in [-0.15, -0.1) is 0 Å². The maximum atomic E-state index is 5.29. The first-order valence-corrected chi connectivity index (χ1v) is 17.4. The van der Waals surface area contributed by atoms with E-state index in [0.29, 0.717) is 6.54 Å². The first-order valence-electron chi connectivity index (χ1n) is 17.4. The second-order valence-corrected chi connectivity index (χ2v) is 14.9. The number of hydrogen-bond acceptors (Lipinski definition) is 2. The Balaban J connectivity index is 1.04. The number of benzene rings is 6. The molecule has 0 amide bonds. The zero-order valence-corrected chi connectivity index (χ0v) is 28.3. The van der Waals surface area contributed by atoms with E-state index in [-0.39, 0.29) is 10.8 Å². The standard InChI is InChI=1S/C46H37N3/c1-45(2)37-14-8-5-11-31(37)33-22-21-30(25-39(33)45)28-17-19-29(20-18-28)41-23-24-47-44(48-41)49-42-16-10-7-13-34(42)36-26-35-32-12-6-9-15-38(32)46(3,4)40(35)27-43(36)49/h5-23,25-27H,24H2,1-4H3,(H,47,48). The van der Waals surface area contributed by atoms with Gasteiger partial charge in [0.05, 0.1) is 16.7 Å². The van der Waals surface area contributed by atoms with E-state index in [9.17, 15) is 0 Å². The Hall–Kier alpha value is -5.67. The van der Waals surface area contributed by atoms with Gasteiger partial charge in [-0.05, 0) is 86.0 Å². The van der Waals surface area contributed by atoms with Crippen LogP contribution < -0.4 is 5.32 Å². The van der Waals surface area contributed by atoms with Crippen molar-refractivity contribution < 1.29 is 0 Å². The summed E-state index contributed by atoms with van der Waals surface area (Å²) in [5.74, 6) is 0.862. The van der Waals surface area contributed by atoms with Gasteiger partial charge in [-0.3, -0.25) is 4.57 Å². The topological polar surface area (TPSA) is 29.3 Å². The molecule has 0 saturated carbocycles. The Kier molecular flexibility index (Phi) is 5.75. The van der Waals surface area contributed by atoms with Crippen molar-refractivity contribution in [2.24, 2.45) is 4.99 Å². The Labute approximate surface area is 287 Å². The summed E-state index contributed by atoms with van der Waals surface area (Å²) >= 11 is 0. The molecular weight excluding hydrogens is 595 g/mol. The maximum Gasteiger partial charge on any atom is 0.208 e. The number of rotatable bonds is 2. The average Bonchev–Trinajstić information content (AvgIpc) is 3.67. The third kappa shape index (κ3) is 3.93. The fraction of sp³-hybridized carbons (Fsp3) is 0.152. The minimum Gasteiger partial charge on any atom is -0.352 e. The van der Waals surface area contributed by atoms with E-state index in [0.717, 1.165) is 22.7 Å². The zero-order valence-electron chi connectivity index (χ0n) is 28.3. The lowest BCUT2D eigenvalue weighted by Gasteiger charge is -2.22. The van der Waals surface area contributed by atoms with Crippen molar-refractivity contribution in [1.82, 2.24) is 9.88 Å². The molecule has 0 bridgehead atoms. The van der Waals surface area contributed by atoms with E-state index in [1.165, 1.54) is 71.9 Å². The van der Waals surface area contributed by atoms with Gasteiger partial charge in [0, 0.05) is 33.7 Å². The highest BCUT2D eigenvalue weighted by atomic mass is 15.2. The van der Waals surface area contributed by atoms with Gasteiger partial charge in [-0.1, -0.05) is 131 Å². The second kappa shape index (κ2) is 9.93. The van der Waals surface area contributed by atoms with Gasteiger partial charge in [0.1, 0.15) is 0 Å². The van der Waals surface area contributed by atoms with Crippen LogP contribution in [0.1, 0.15) is 55.5 Å². The summed E-state index contributed by atoms with van der Waals surface area (Å²) in [6.07, 6.45) is 2.19. The number of nitrogens with one attached hydrogen (secondary N) is 1. The molecule has 0 fully saturated rings. The molecule has 0 saturated heterocycles. The maximum absolute atomic E-state index is 5.29. The summed E-state index contributed by atoms with van der Waals surface area (Å²) in [5, 5.41) is 6.12. The average molecular weight is 632 g/mol. The van der Waals surface area contributed by atoms with Crippen molar-refractivity contribution in [1.29, 1.82) is 0 Å². The number of aliphatic imine (C=N–C) groups is 1. The molecule has 6 aromatic carbocycles. The highest BCUT2D eigenvalue weighted by Crippen LogP contribution is 2.51. The summed E-state index contributed by atoms with van der Waals surface area (Å²) in [6, 6.07) is 47.1. The van der Waals surface area contributed by atoms with Gasteiger partial charge >= 0.3 is 0 Å². The minimum absolute atomic E-state index is 0.0144. The molecule has 3 heteroatoms. The molecule has 1 aromatic heterocycles. The molecule has 10 rings (SSSR count). The van der Waals surface area contributed by atoms with Crippen molar-refractivity contribution in [2.75, 3.05) is 6.54 Å². The Morgan fingerprint density at radius 2 is 1.10 bits per heavy atom. The normalized spacial score (nSPS) is 16.4. The highest BCUT2D eigenvalue weighted by molar-refractivity contribution is 6.16. The van der Waals surface area contributed by atoms with Crippen LogP contribution in [0.4, 0.5) is 0 Å². The molecular formula is C46H37N3. The van der Waals surface area contributed by atoms with Crippen molar-refractivity contribution in [3.8, 4) is 33.4 Å². The molecule has 0 atom stereocenters. The minimum atomic E-state index is -0.0748. The molecule has 3 nitrogen and oxygen atoms in total. The highest BCUT2D eigenvalue weighted by Gasteiger charge is 2.37. The molecule has 2 heterocycles. The van der Waals surface area contributed by atoms with Crippen LogP contribution in [-0.4, -0.2) is 17.1 Å². The van der Waals surface area contributed by atoms with Crippen molar-refractivity contribution in [3.63, 3.8) is 0 Å². The van der Waals surface area contributed by atoms with Crippen LogP contribution >= 0.6 is 0 Å². The lowest BCUT2D eigenvalue weighted by molar-refractivity contribution is 0.660. The van der Waals surface area contributed by atoms with E-state index in [4.69, 9.17) is 4.99 Å². The van der Waals surface area contributed by atoms with Crippen molar-refractivity contribution in [3.05, 3.63) is 161 Å². The van der Waals surface area contributed by atoms with Gasteiger partial charge in [0.25, 0.3) is 0 Å². The SMILES string of the molecule is CC1(C)c2ccccc2-c2ccc(-c3ccc(C4=CCNC(n5c6ccccc6c6cc7c(cc65)C(C)(C)c5ccccc5-7)=N4)cc3)cc21. The third-order valence-corrected chi connectivity index (χ3v) is 11.5. The monoisotopic (exact) mass is 631 g/mol. The fourth-order valence-electron chi connectivity index (χ4n) is 8.86. The molecule has 3 aliphatic rings. The lowest BCUT2D eigenvalue weighted by atomic mass is 9.81. The summed E-state index contributed by atoms with van der Waals surface area (Å²) in [5.41, 5.74) is 17.8. The van der Waals surface area contributed by atoms with Crippen LogP contribution in [0.3, 0.4) is 0 Å². The molecule has 2 aliphatic carbocycles. The van der Waals surface area contributed by atoms with Crippen molar-refractivity contribution >= 4 is 33.5 Å². The lowest BCUT2D eigenvalue weighted by Crippen LogP contribution is -2.32. The van der Waals surface area contributed by atoms with Gasteiger partial charge in [-0.2, -0.15) is 0 Å². The third-order valence-electron chi connectivity index (χ3n) is 11.5. The van der Waals surface area contributed by atoms with Crippen LogP contribution in [0.5, 0.6) is 0 Å². The largest absolute Gasteiger partial charge is 0.352 e. The Morgan fingerprint density at radius 1 is 0.510 bits per heavy atom. The quantitative estimate of drug-likeness (QED) is 0.202. The Bertz CT molecular complexity index is 2590. The number of nitrogens with zero attached hydrogens (tertiary/aromatic N) is 2. The van der Waals surface area contributed by atoms with Crippen molar-refractivity contribution in [2.45, 2.75) is 38.5 Å². The Morgan fingerprint density at radius 3 is 1.86 bits per heavy atom. The van der Waals surface area contributed by atoms with Crippen LogP contribution in [0.15, 0.2) is 138 Å². The number of fused-ring (bicyclic) bond motifs is 9. The number of aromatic nitrogens is 1. The van der Waals surface area contributed by atoms with E-state index >= 15 is 0 Å². The smallest absolute Gasteiger partial charge is 0.208 e. The predicted octanol–water partition coefficient (Wildman–Crippen LogP) is 10.9. The molecule has 49 heavy (non-hydrogen) atoms. The number of para-hydroxylation sites is 1. The van der Waals surface area contributed by atoms with Crippen LogP contribution in [0.2, 0.25) is 0 Å². The van der Waals surface area contributed by atoms with E-state index in [1.807, 2.05) is 0 Å².